The Morgan fingerprint density at radius 3 is 3.07 bits per heavy atom. The predicted molar refractivity (Wildman–Crippen MR) is 59.4 cm³/mol. The largest absolute Gasteiger partial charge is 0.393 e. The van der Waals surface area contributed by atoms with Crippen molar-refractivity contribution in [3.8, 4) is 0 Å². The number of likely N-dealkylation sites (tertiary alicyclic amines) is 1. The molecular weight excluding hydrogens is 246 g/mol. The first-order valence-corrected chi connectivity index (χ1v) is 6.17. The molecule has 0 aromatic rings. The number of amides is 1. The lowest BCUT2D eigenvalue weighted by Crippen LogP contribution is -2.42. The Bertz CT molecular complexity index is 199. The summed E-state index contributed by atoms with van der Waals surface area (Å²) in [5.41, 5.74) is 0. The van der Waals surface area contributed by atoms with Crippen molar-refractivity contribution in [2.75, 3.05) is 13.1 Å². The monoisotopic (exact) mass is 263 g/mol. The van der Waals surface area contributed by atoms with E-state index in [0.717, 1.165) is 25.8 Å². The SMILES string of the molecule is CCC(O)CCN1CCCC(Br)C1=O. The van der Waals surface area contributed by atoms with Gasteiger partial charge >= 0.3 is 0 Å². The van der Waals surface area contributed by atoms with E-state index in [0.29, 0.717) is 13.0 Å². The smallest absolute Gasteiger partial charge is 0.236 e. The number of hydrogen-bond donors (Lipinski definition) is 1. The molecule has 0 aromatic heterocycles. The molecule has 1 saturated heterocycles. The molecule has 1 heterocycles. The zero-order chi connectivity index (χ0) is 10.6. The normalized spacial score (nSPS) is 25.2. The van der Waals surface area contributed by atoms with Crippen LogP contribution >= 0.6 is 15.9 Å². The Kier molecular flexibility index (Phi) is 4.89. The molecule has 82 valence electrons. The highest BCUT2D eigenvalue weighted by molar-refractivity contribution is 9.10. The number of nitrogens with zero attached hydrogens (tertiary/aromatic N) is 1. The van der Waals surface area contributed by atoms with Gasteiger partial charge < -0.3 is 10.0 Å². The molecule has 0 bridgehead atoms. The molecule has 1 aliphatic rings. The summed E-state index contributed by atoms with van der Waals surface area (Å²) < 4.78 is 0. The van der Waals surface area contributed by atoms with Gasteiger partial charge in [-0.25, -0.2) is 0 Å². The molecule has 4 heteroatoms. The first-order valence-electron chi connectivity index (χ1n) is 5.26. The molecule has 1 aliphatic heterocycles. The number of halogens is 1. The molecule has 3 nitrogen and oxygen atoms in total. The quantitative estimate of drug-likeness (QED) is 0.782. The van der Waals surface area contributed by atoms with Gasteiger partial charge in [-0.15, -0.1) is 0 Å². The van der Waals surface area contributed by atoms with Gasteiger partial charge in [0.25, 0.3) is 0 Å². The fourth-order valence-electron chi connectivity index (χ4n) is 1.62. The molecule has 2 atom stereocenters. The standard InChI is InChI=1S/C10H18BrNO2/c1-2-8(13)5-7-12-6-3-4-9(11)10(12)14/h8-9,13H,2-7H2,1H3. The van der Waals surface area contributed by atoms with Crippen LogP contribution in [0.3, 0.4) is 0 Å². The summed E-state index contributed by atoms with van der Waals surface area (Å²) in [5, 5.41) is 9.39. The van der Waals surface area contributed by atoms with E-state index in [1.165, 1.54) is 0 Å². The number of carbonyl (C=O) groups excluding carboxylic acids is 1. The summed E-state index contributed by atoms with van der Waals surface area (Å²) in [7, 11) is 0. The van der Waals surface area contributed by atoms with Gasteiger partial charge in [0.2, 0.25) is 5.91 Å². The number of rotatable bonds is 4. The van der Waals surface area contributed by atoms with Crippen molar-refractivity contribution in [2.45, 2.75) is 43.5 Å². The highest BCUT2D eigenvalue weighted by Crippen LogP contribution is 2.18. The van der Waals surface area contributed by atoms with Gasteiger partial charge in [0.05, 0.1) is 10.9 Å². The number of piperidine rings is 1. The third-order valence-corrected chi connectivity index (χ3v) is 3.52. The molecule has 14 heavy (non-hydrogen) atoms. The van der Waals surface area contributed by atoms with Gasteiger partial charge in [-0.2, -0.15) is 0 Å². The average Bonchev–Trinajstić information content (AvgIpc) is 2.20. The van der Waals surface area contributed by atoms with Crippen LogP contribution in [0.4, 0.5) is 0 Å². The summed E-state index contributed by atoms with van der Waals surface area (Å²) in [6.45, 7) is 3.49. The van der Waals surface area contributed by atoms with Gasteiger partial charge in [0.1, 0.15) is 0 Å². The molecular formula is C10H18BrNO2. The van der Waals surface area contributed by atoms with E-state index < -0.39 is 0 Å². The van der Waals surface area contributed by atoms with E-state index in [1.54, 1.807) is 0 Å². The molecule has 1 N–H and O–H groups in total. The average molecular weight is 264 g/mol. The topological polar surface area (TPSA) is 40.5 Å². The fraction of sp³-hybridized carbons (Fsp3) is 0.900. The van der Waals surface area contributed by atoms with E-state index in [2.05, 4.69) is 15.9 Å². The highest BCUT2D eigenvalue weighted by Gasteiger charge is 2.26. The van der Waals surface area contributed by atoms with Crippen molar-refractivity contribution in [1.29, 1.82) is 0 Å². The van der Waals surface area contributed by atoms with Crippen LogP contribution in [0.2, 0.25) is 0 Å². The lowest BCUT2D eigenvalue weighted by Gasteiger charge is -2.30. The molecule has 0 aromatic carbocycles. The van der Waals surface area contributed by atoms with E-state index in [4.69, 9.17) is 0 Å². The summed E-state index contributed by atoms with van der Waals surface area (Å²) in [6.07, 6.45) is 3.19. The van der Waals surface area contributed by atoms with Crippen LogP contribution in [0.15, 0.2) is 0 Å². The van der Waals surface area contributed by atoms with E-state index in [1.807, 2.05) is 11.8 Å². The third kappa shape index (κ3) is 3.24. The molecule has 0 spiro atoms. The Balaban J connectivity index is 2.32. The number of aliphatic hydroxyl groups is 1. The van der Waals surface area contributed by atoms with Crippen molar-refractivity contribution in [1.82, 2.24) is 4.90 Å². The van der Waals surface area contributed by atoms with E-state index >= 15 is 0 Å². The molecule has 2 unspecified atom stereocenters. The lowest BCUT2D eigenvalue weighted by atomic mass is 10.1. The molecule has 1 fully saturated rings. The summed E-state index contributed by atoms with van der Waals surface area (Å²) in [6, 6.07) is 0. The van der Waals surface area contributed by atoms with Crippen LogP contribution in [0.25, 0.3) is 0 Å². The Labute approximate surface area is 93.6 Å². The lowest BCUT2D eigenvalue weighted by molar-refractivity contribution is -0.132. The minimum atomic E-state index is -0.265. The fourth-order valence-corrected chi connectivity index (χ4v) is 2.24. The maximum Gasteiger partial charge on any atom is 0.236 e. The van der Waals surface area contributed by atoms with E-state index in [9.17, 15) is 9.90 Å². The zero-order valence-electron chi connectivity index (χ0n) is 8.58. The van der Waals surface area contributed by atoms with Crippen LogP contribution in [-0.4, -0.2) is 39.9 Å². The van der Waals surface area contributed by atoms with Crippen LogP contribution < -0.4 is 0 Å². The van der Waals surface area contributed by atoms with Gasteiger partial charge in [-0.3, -0.25) is 4.79 Å². The maximum absolute atomic E-state index is 11.6. The Morgan fingerprint density at radius 1 is 1.71 bits per heavy atom. The first kappa shape index (κ1) is 12.0. The van der Waals surface area contributed by atoms with Gasteiger partial charge in [-0.1, -0.05) is 22.9 Å². The van der Waals surface area contributed by atoms with Crippen molar-refractivity contribution >= 4 is 21.8 Å². The Morgan fingerprint density at radius 2 is 2.43 bits per heavy atom. The van der Waals surface area contributed by atoms with Crippen molar-refractivity contribution in [3.05, 3.63) is 0 Å². The summed E-state index contributed by atoms with van der Waals surface area (Å²) >= 11 is 3.36. The predicted octanol–water partition coefficient (Wildman–Crippen LogP) is 1.53. The van der Waals surface area contributed by atoms with Crippen LogP contribution in [0, 0.1) is 0 Å². The number of carbonyl (C=O) groups is 1. The second kappa shape index (κ2) is 5.71. The van der Waals surface area contributed by atoms with Crippen molar-refractivity contribution in [2.24, 2.45) is 0 Å². The number of aliphatic hydroxyl groups excluding tert-OH is 1. The van der Waals surface area contributed by atoms with Crippen molar-refractivity contribution < 1.29 is 9.90 Å². The second-order valence-electron chi connectivity index (χ2n) is 3.79. The third-order valence-electron chi connectivity index (χ3n) is 2.67. The number of alkyl halides is 1. The summed E-state index contributed by atoms with van der Waals surface area (Å²) in [4.78, 5) is 13.5. The molecule has 1 amide bonds. The second-order valence-corrected chi connectivity index (χ2v) is 4.89. The van der Waals surface area contributed by atoms with Crippen LogP contribution in [0.1, 0.15) is 32.6 Å². The molecule has 1 rings (SSSR count). The molecule has 0 aliphatic carbocycles. The molecule has 0 saturated carbocycles. The minimum absolute atomic E-state index is 0.00461. The maximum atomic E-state index is 11.6. The first-order chi connectivity index (χ1) is 6.65. The van der Waals surface area contributed by atoms with E-state index in [-0.39, 0.29) is 16.8 Å². The van der Waals surface area contributed by atoms with Gasteiger partial charge in [0, 0.05) is 13.1 Å². The van der Waals surface area contributed by atoms with Crippen LogP contribution in [-0.2, 0) is 4.79 Å². The summed E-state index contributed by atoms with van der Waals surface area (Å²) in [5.74, 6) is 0.180. The van der Waals surface area contributed by atoms with Crippen LogP contribution in [0.5, 0.6) is 0 Å². The highest BCUT2D eigenvalue weighted by atomic mass is 79.9. The molecule has 0 radical (unpaired) electrons. The zero-order valence-corrected chi connectivity index (χ0v) is 10.2. The van der Waals surface area contributed by atoms with Gasteiger partial charge in [0.15, 0.2) is 0 Å². The van der Waals surface area contributed by atoms with Gasteiger partial charge in [-0.05, 0) is 25.7 Å². The number of hydrogen-bond acceptors (Lipinski definition) is 2. The Hall–Kier alpha value is -0.0900. The minimum Gasteiger partial charge on any atom is -0.393 e. The van der Waals surface area contributed by atoms with Crippen molar-refractivity contribution in [3.63, 3.8) is 0 Å².